The highest BCUT2D eigenvalue weighted by atomic mass is 14.6. The summed E-state index contributed by atoms with van der Waals surface area (Å²) in [5, 5.41) is 0. The van der Waals surface area contributed by atoms with E-state index in [1.807, 2.05) is 0 Å². The van der Waals surface area contributed by atoms with E-state index in [-0.39, 0.29) is 0 Å². The zero-order chi connectivity index (χ0) is 10.3. The Morgan fingerprint density at radius 2 is 2.00 bits per heavy atom. The molecule has 0 aromatic carbocycles. The van der Waals surface area contributed by atoms with Crippen LogP contribution in [0.15, 0.2) is 0 Å². The summed E-state index contributed by atoms with van der Waals surface area (Å²) >= 11 is 0. The summed E-state index contributed by atoms with van der Waals surface area (Å²) in [5.41, 5.74) is 0.840. The van der Waals surface area contributed by atoms with E-state index in [1.54, 1.807) is 19.3 Å². The lowest BCUT2D eigenvalue weighted by atomic mass is 9.39. The molecule has 0 heterocycles. The van der Waals surface area contributed by atoms with Gasteiger partial charge in [0.05, 0.1) is 0 Å². The van der Waals surface area contributed by atoms with Gasteiger partial charge in [-0.1, -0.05) is 40.5 Å². The molecule has 14 heavy (non-hydrogen) atoms. The molecule has 0 saturated heterocycles. The molecule has 2 aliphatic carbocycles. The van der Waals surface area contributed by atoms with E-state index in [0.717, 1.165) is 29.1 Å². The van der Waals surface area contributed by atoms with Gasteiger partial charge in [-0.25, -0.2) is 0 Å². The summed E-state index contributed by atoms with van der Waals surface area (Å²) in [6.07, 6.45) is 7.49. The van der Waals surface area contributed by atoms with Gasteiger partial charge < -0.3 is 0 Å². The van der Waals surface area contributed by atoms with E-state index in [0.29, 0.717) is 0 Å². The molecule has 2 rings (SSSR count). The molecule has 2 fully saturated rings. The number of hydrogen-bond donors (Lipinski definition) is 0. The predicted octanol–water partition coefficient (Wildman–Crippen LogP) is 4.49. The van der Waals surface area contributed by atoms with E-state index in [2.05, 4.69) is 27.7 Å². The molecule has 0 aromatic rings. The van der Waals surface area contributed by atoms with Gasteiger partial charge in [0.2, 0.25) is 0 Å². The van der Waals surface area contributed by atoms with Crippen molar-refractivity contribution in [1.82, 2.24) is 0 Å². The normalized spacial score (nSPS) is 42.6. The van der Waals surface area contributed by atoms with Crippen molar-refractivity contribution in [2.45, 2.75) is 59.8 Å². The SMILES string of the molecule is CCC(C(C)C)C1CC2(CC)CCC12. The first-order chi connectivity index (χ1) is 6.64. The molecular weight excluding hydrogens is 168 g/mol. The fourth-order valence-corrected chi connectivity index (χ4v) is 4.39. The second-order valence-electron chi connectivity index (χ2n) is 6.05. The molecule has 4 atom stereocenters. The number of fused-ring (bicyclic) bond motifs is 1. The monoisotopic (exact) mass is 194 g/mol. The van der Waals surface area contributed by atoms with Crippen LogP contribution in [0.5, 0.6) is 0 Å². The van der Waals surface area contributed by atoms with Gasteiger partial charge in [0.15, 0.2) is 0 Å². The maximum absolute atomic E-state index is 2.42. The minimum Gasteiger partial charge on any atom is -0.0651 e. The third-order valence-corrected chi connectivity index (χ3v) is 5.48. The van der Waals surface area contributed by atoms with Crippen LogP contribution in [0.1, 0.15) is 59.8 Å². The first-order valence-electron chi connectivity index (χ1n) is 6.64. The zero-order valence-electron chi connectivity index (χ0n) is 10.3. The highest BCUT2D eigenvalue weighted by Crippen LogP contribution is 2.68. The largest absolute Gasteiger partial charge is 0.0651 e. The molecule has 0 nitrogen and oxygen atoms in total. The van der Waals surface area contributed by atoms with Crippen LogP contribution in [0.25, 0.3) is 0 Å². The summed E-state index contributed by atoms with van der Waals surface area (Å²) in [6, 6.07) is 0. The molecule has 0 spiro atoms. The lowest BCUT2D eigenvalue weighted by Crippen LogP contribution is -2.57. The van der Waals surface area contributed by atoms with Gasteiger partial charge in [0, 0.05) is 0 Å². The van der Waals surface area contributed by atoms with E-state index in [1.165, 1.54) is 12.8 Å². The van der Waals surface area contributed by atoms with Gasteiger partial charge in [-0.05, 0) is 48.3 Å². The van der Waals surface area contributed by atoms with Crippen LogP contribution in [0, 0.1) is 29.1 Å². The van der Waals surface area contributed by atoms with Crippen molar-refractivity contribution in [2.24, 2.45) is 29.1 Å². The highest BCUT2D eigenvalue weighted by molar-refractivity contribution is 5.09. The lowest BCUT2D eigenvalue weighted by Gasteiger charge is -2.66. The number of rotatable bonds is 4. The molecule has 0 aromatic heterocycles. The molecule has 4 unspecified atom stereocenters. The van der Waals surface area contributed by atoms with Crippen molar-refractivity contribution in [3.8, 4) is 0 Å². The topological polar surface area (TPSA) is 0 Å². The van der Waals surface area contributed by atoms with Crippen molar-refractivity contribution in [3.63, 3.8) is 0 Å². The third-order valence-electron chi connectivity index (χ3n) is 5.48. The van der Waals surface area contributed by atoms with Gasteiger partial charge in [-0.2, -0.15) is 0 Å². The summed E-state index contributed by atoms with van der Waals surface area (Å²) in [4.78, 5) is 0. The average molecular weight is 194 g/mol. The van der Waals surface area contributed by atoms with E-state index in [9.17, 15) is 0 Å². The van der Waals surface area contributed by atoms with Gasteiger partial charge in [-0.15, -0.1) is 0 Å². The molecule has 0 amide bonds. The zero-order valence-corrected chi connectivity index (χ0v) is 10.3. The predicted molar refractivity (Wildman–Crippen MR) is 62.2 cm³/mol. The van der Waals surface area contributed by atoms with Crippen molar-refractivity contribution in [1.29, 1.82) is 0 Å². The average Bonchev–Trinajstić information content (AvgIpc) is 2.12. The Balaban J connectivity index is 1.96. The molecule has 0 radical (unpaired) electrons. The molecule has 0 bridgehead atoms. The van der Waals surface area contributed by atoms with Crippen LogP contribution < -0.4 is 0 Å². The fourth-order valence-electron chi connectivity index (χ4n) is 4.39. The van der Waals surface area contributed by atoms with Crippen LogP contribution in [0.4, 0.5) is 0 Å². The lowest BCUT2D eigenvalue weighted by molar-refractivity contribution is -0.164. The van der Waals surface area contributed by atoms with Crippen molar-refractivity contribution < 1.29 is 0 Å². The van der Waals surface area contributed by atoms with Crippen molar-refractivity contribution in [2.75, 3.05) is 0 Å². The molecule has 0 aliphatic heterocycles. The summed E-state index contributed by atoms with van der Waals surface area (Å²) in [6.45, 7) is 9.62. The van der Waals surface area contributed by atoms with Gasteiger partial charge in [-0.3, -0.25) is 0 Å². The Labute approximate surface area is 89.5 Å². The van der Waals surface area contributed by atoms with Crippen LogP contribution in [0.3, 0.4) is 0 Å². The Bertz CT molecular complexity index is 202. The quantitative estimate of drug-likeness (QED) is 0.618. The van der Waals surface area contributed by atoms with Crippen molar-refractivity contribution in [3.05, 3.63) is 0 Å². The molecule has 82 valence electrons. The highest BCUT2D eigenvalue weighted by Gasteiger charge is 2.59. The van der Waals surface area contributed by atoms with Gasteiger partial charge in [0.1, 0.15) is 0 Å². The van der Waals surface area contributed by atoms with Gasteiger partial charge >= 0.3 is 0 Å². The molecule has 2 aliphatic rings. The summed E-state index contributed by atoms with van der Waals surface area (Å²) in [5.74, 6) is 4.13. The van der Waals surface area contributed by atoms with E-state index in [4.69, 9.17) is 0 Å². The first-order valence-corrected chi connectivity index (χ1v) is 6.64. The van der Waals surface area contributed by atoms with Gasteiger partial charge in [0.25, 0.3) is 0 Å². The third kappa shape index (κ3) is 1.26. The van der Waals surface area contributed by atoms with Crippen molar-refractivity contribution >= 4 is 0 Å². The molecule has 2 saturated carbocycles. The van der Waals surface area contributed by atoms with Crippen LogP contribution in [0.2, 0.25) is 0 Å². The Morgan fingerprint density at radius 1 is 1.29 bits per heavy atom. The van der Waals surface area contributed by atoms with Crippen LogP contribution in [-0.4, -0.2) is 0 Å². The number of hydrogen-bond acceptors (Lipinski definition) is 0. The van der Waals surface area contributed by atoms with E-state index < -0.39 is 0 Å². The minimum atomic E-state index is 0.840. The molecule has 0 heteroatoms. The molecule has 0 N–H and O–H groups in total. The fraction of sp³-hybridized carbons (Fsp3) is 1.00. The summed E-state index contributed by atoms with van der Waals surface area (Å²) in [7, 11) is 0. The minimum absolute atomic E-state index is 0.840. The maximum Gasteiger partial charge on any atom is -0.0266 e. The summed E-state index contributed by atoms with van der Waals surface area (Å²) < 4.78 is 0. The molecular formula is C14H26. The van der Waals surface area contributed by atoms with E-state index >= 15 is 0 Å². The first kappa shape index (κ1) is 10.5. The second kappa shape index (κ2) is 3.54. The van der Waals surface area contributed by atoms with Crippen LogP contribution >= 0.6 is 0 Å². The Kier molecular flexibility index (Phi) is 2.66. The smallest absolute Gasteiger partial charge is 0.0266 e. The standard InChI is InChI=1S/C14H26/c1-5-11(10(3)4)12-9-14(6-2)8-7-13(12)14/h10-13H,5-9H2,1-4H3. The Hall–Kier alpha value is 0. The second-order valence-corrected chi connectivity index (χ2v) is 6.05. The Morgan fingerprint density at radius 3 is 2.29 bits per heavy atom. The van der Waals surface area contributed by atoms with Crippen LogP contribution in [-0.2, 0) is 0 Å². The maximum atomic E-state index is 2.42.